The summed E-state index contributed by atoms with van der Waals surface area (Å²) < 4.78 is 7.22. The number of fused-ring (bicyclic) bond motifs is 1. The Labute approximate surface area is 158 Å². The van der Waals surface area contributed by atoms with E-state index in [0.717, 1.165) is 0 Å². The number of aromatic nitrogens is 2. The Bertz CT molecular complexity index is 624. The van der Waals surface area contributed by atoms with Crippen LogP contribution < -0.4 is 10.1 Å². The second-order valence-electron chi connectivity index (χ2n) is 4.60. The molecule has 0 spiro atoms. The molecule has 2 aromatic rings. The van der Waals surface area contributed by atoms with Crippen LogP contribution in [0.5, 0.6) is 5.75 Å². The maximum absolute atomic E-state index is 12.3. The lowest BCUT2D eigenvalue weighted by Crippen LogP contribution is -2.36. The number of nitrogens with one attached hydrogen (secondary N) is 1. The van der Waals surface area contributed by atoms with Gasteiger partial charge < -0.3 is 15.2 Å². The highest BCUT2D eigenvalue weighted by Crippen LogP contribution is 2.22. The average Bonchev–Trinajstić information content (AvgIpc) is 3.03. The van der Waals surface area contributed by atoms with Gasteiger partial charge in [0.2, 0.25) is 0 Å². The standard InChI is InChI=1S/C14H19N3O3.3C2H6/c1-4-20-11-6-5-7-17-12(10(3)16-13(11)17)14(19)15-9(2)8-18;3*1-2/h5-7,9,18H,4,8H2,1-3H3,(H,15,19);3*1-2H3. The Hall–Kier alpha value is -2.08. The minimum absolute atomic E-state index is 0.105. The number of aliphatic hydroxyl groups excluding tert-OH is 1. The molecule has 0 aliphatic rings. The Kier molecular flexibility index (Phi) is 15.3. The van der Waals surface area contributed by atoms with E-state index in [-0.39, 0.29) is 18.6 Å². The zero-order valence-electron chi connectivity index (χ0n) is 17.9. The van der Waals surface area contributed by atoms with Gasteiger partial charge in [-0.1, -0.05) is 41.5 Å². The Morgan fingerprint density at radius 2 is 1.85 bits per heavy atom. The van der Waals surface area contributed by atoms with Crippen LogP contribution in [0.2, 0.25) is 0 Å². The SMILES string of the molecule is CC.CC.CC.CCOc1cccn2c(C(=O)NC(C)CO)c(C)nc12. The van der Waals surface area contributed by atoms with Crippen LogP contribution in [0.1, 0.15) is 71.6 Å². The summed E-state index contributed by atoms with van der Waals surface area (Å²) in [6.45, 7) is 17.8. The van der Waals surface area contributed by atoms with E-state index in [1.807, 2.05) is 60.6 Å². The third kappa shape index (κ3) is 7.04. The van der Waals surface area contributed by atoms with Crippen molar-refractivity contribution in [2.24, 2.45) is 0 Å². The van der Waals surface area contributed by atoms with Crippen LogP contribution in [-0.4, -0.2) is 39.7 Å². The van der Waals surface area contributed by atoms with Crippen molar-refractivity contribution >= 4 is 11.6 Å². The molecule has 2 N–H and O–H groups in total. The summed E-state index contributed by atoms with van der Waals surface area (Å²) in [4.78, 5) is 16.7. The highest BCUT2D eigenvalue weighted by atomic mass is 16.5. The number of amides is 1. The topological polar surface area (TPSA) is 75.9 Å². The third-order valence-corrected chi connectivity index (χ3v) is 2.95. The number of carbonyl (C=O) groups excluding carboxylic acids is 1. The van der Waals surface area contributed by atoms with Crippen molar-refractivity contribution in [3.05, 3.63) is 29.7 Å². The lowest BCUT2D eigenvalue weighted by molar-refractivity contribution is 0.0915. The molecule has 2 aromatic heterocycles. The highest BCUT2D eigenvalue weighted by Gasteiger charge is 2.19. The second-order valence-corrected chi connectivity index (χ2v) is 4.60. The van der Waals surface area contributed by atoms with Gasteiger partial charge in [-0.2, -0.15) is 0 Å². The average molecular weight is 368 g/mol. The van der Waals surface area contributed by atoms with Gasteiger partial charge in [0.25, 0.3) is 5.91 Å². The van der Waals surface area contributed by atoms with Crippen LogP contribution in [0, 0.1) is 6.92 Å². The lowest BCUT2D eigenvalue weighted by atomic mass is 10.3. The van der Waals surface area contributed by atoms with Crippen molar-refractivity contribution in [2.75, 3.05) is 13.2 Å². The minimum atomic E-state index is -0.303. The van der Waals surface area contributed by atoms with Crippen molar-refractivity contribution in [1.82, 2.24) is 14.7 Å². The van der Waals surface area contributed by atoms with Gasteiger partial charge in [-0.3, -0.25) is 9.20 Å². The van der Waals surface area contributed by atoms with Crippen LogP contribution in [-0.2, 0) is 0 Å². The molecule has 0 aliphatic heterocycles. The number of ether oxygens (including phenoxy) is 1. The first-order valence-electron chi connectivity index (χ1n) is 9.60. The van der Waals surface area contributed by atoms with E-state index in [0.29, 0.717) is 29.4 Å². The van der Waals surface area contributed by atoms with Gasteiger partial charge in [0.1, 0.15) is 5.69 Å². The van der Waals surface area contributed by atoms with Crippen LogP contribution in [0.3, 0.4) is 0 Å². The largest absolute Gasteiger partial charge is 0.490 e. The zero-order chi connectivity index (χ0) is 20.7. The number of rotatable bonds is 5. The fourth-order valence-electron chi connectivity index (χ4n) is 2.04. The molecule has 0 saturated heterocycles. The molecule has 0 bridgehead atoms. The van der Waals surface area contributed by atoms with Crippen LogP contribution in [0.25, 0.3) is 5.65 Å². The fraction of sp³-hybridized carbons (Fsp3) is 0.600. The molecule has 1 amide bonds. The number of hydrogen-bond acceptors (Lipinski definition) is 4. The van der Waals surface area contributed by atoms with Gasteiger partial charge in [0.15, 0.2) is 11.4 Å². The van der Waals surface area contributed by atoms with Gasteiger partial charge in [0.05, 0.1) is 18.9 Å². The summed E-state index contributed by atoms with van der Waals surface area (Å²) in [5.74, 6) is 0.387. The van der Waals surface area contributed by atoms with Crippen molar-refractivity contribution in [1.29, 1.82) is 0 Å². The molecule has 6 nitrogen and oxygen atoms in total. The zero-order valence-corrected chi connectivity index (χ0v) is 17.9. The minimum Gasteiger partial charge on any atom is -0.490 e. The van der Waals surface area contributed by atoms with Crippen molar-refractivity contribution in [3.8, 4) is 5.75 Å². The Morgan fingerprint density at radius 1 is 1.27 bits per heavy atom. The molecule has 150 valence electrons. The second kappa shape index (κ2) is 15.2. The molecular weight excluding hydrogens is 330 g/mol. The van der Waals surface area contributed by atoms with Gasteiger partial charge in [-0.15, -0.1) is 0 Å². The summed E-state index contributed by atoms with van der Waals surface area (Å²) in [5, 5.41) is 11.7. The fourth-order valence-corrected chi connectivity index (χ4v) is 2.04. The molecule has 0 aromatic carbocycles. The smallest absolute Gasteiger partial charge is 0.270 e. The molecule has 26 heavy (non-hydrogen) atoms. The molecule has 1 atom stereocenters. The predicted octanol–water partition coefficient (Wildman–Crippen LogP) is 4.23. The van der Waals surface area contributed by atoms with E-state index >= 15 is 0 Å². The number of nitrogens with zero attached hydrogens (tertiary/aromatic N) is 2. The van der Waals surface area contributed by atoms with E-state index in [1.165, 1.54) is 0 Å². The lowest BCUT2D eigenvalue weighted by Gasteiger charge is -2.11. The number of imidazole rings is 1. The third-order valence-electron chi connectivity index (χ3n) is 2.95. The molecule has 2 heterocycles. The summed E-state index contributed by atoms with van der Waals surface area (Å²) in [7, 11) is 0. The molecule has 0 aliphatic carbocycles. The number of aliphatic hydroxyl groups is 1. The summed E-state index contributed by atoms with van der Waals surface area (Å²) in [6.07, 6.45) is 1.77. The molecule has 0 radical (unpaired) electrons. The van der Waals surface area contributed by atoms with Crippen molar-refractivity contribution in [2.45, 2.75) is 68.4 Å². The van der Waals surface area contributed by atoms with Crippen molar-refractivity contribution < 1.29 is 14.6 Å². The summed E-state index contributed by atoms with van der Waals surface area (Å²) in [5.41, 5.74) is 1.70. The maximum Gasteiger partial charge on any atom is 0.270 e. The number of aryl methyl sites for hydroxylation is 1. The van der Waals surface area contributed by atoms with Crippen LogP contribution in [0.4, 0.5) is 0 Å². The highest BCUT2D eigenvalue weighted by molar-refractivity contribution is 5.95. The molecule has 2 rings (SSSR count). The van der Waals surface area contributed by atoms with Gasteiger partial charge in [-0.25, -0.2) is 4.98 Å². The van der Waals surface area contributed by atoms with Crippen molar-refractivity contribution in [3.63, 3.8) is 0 Å². The molecule has 1 unspecified atom stereocenters. The van der Waals surface area contributed by atoms with E-state index < -0.39 is 0 Å². The summed E-state index contributed by atoms with van der Waals surface area (Å²) in [6, 6.07) is 3.33. The molecular formula is C20H37N3O3. The summed E-state index contributed by atoms with van der Waals surface area (Å²) >= 11 is 0. The molecule has 0 saturated carbocycles. The maximum atomic E-state index is 12.3. The quantitative estimate of drug-likeness (QED) is 0.829. The van der Waals surface area contributed by atoms with E-state index in [2.05, 4.69) is 10.3 Å². The van der Waals surface area contributed by atoms with E-state index in [4.69, 9.17) is 9.84 Å². The van der Waals surface area contributed by atoms with Crippen LogP contribution >= 0.6 is 0 Å². The number of pyridine rings is 1. The van der Waals surface area contributed by atoms with Gasteiger partial charge in [-0.05, 0) is 32.9 Å². The Balaban J connectivity index is 0. The number of carbonyl (C=O) groups is 1. The van der Waals surface area contributed by atoms with E-state index in [9.17, 15) is 4.79 Å². The molecule has 6 heteroatoms. The molecule has 0 fully saturated rings. The first-order valence-corrected chi connectivity index (χ1v) is 9.60. The predicted molar refractivity (Wildman–Crippen MR) is 109 cm³/mol. The van der Waals surface area contributed by atoms with Crippen LogP contribution in [0.15, 0.2) is 18.3 Å². The van der Waals surface area contributed by atoms with Gasteiger partial charge in [0, 0.05) is 12.2 Å². The van der Waals surface area contributed by atoms with Gasteiger partial charge >= 0.3 is 0 Å². The first-order chi connectivity index (χ1) is 12.6. The normalized spacial score (nSPS) is 10.2. The monoisotopic (exact) mass is 367 g/mol. The first kappa shape index (κ1) is 26.2. The Morgan fingerprint density at radius 3 is 2.35 bits per heavy atom. The van der Waals surface area contributed by atoms with E-state index in [1.54, 1.807) is 24.4 Å². The number of hydrogen-bond donors (Lipinski definition) is 2.